The summed E-state index contributed by atoms with van der Waals surface area (Å²) in [6.45, 7) is 5.12. The first-order chi connectivity index (χ1) is 5.83. The lowest BCUT2D eigenvalue weighted by Crippen LogP contribution is -2.25. The fraction of sp³-hybridized carbons (Fsp3) is 1.00. The highest BCUT2D eigenvalue weighted by molar-refractivity contribution is 4.72. The molecule has 0 spiro atoms. The Labute approximate surface area is 76.4 Å². The fourth-order valence-electron chi connectivity index (χ4n) is 1.64. The molecule has 0 aliphatic heterocycles. The standard InChI is InChI=1S/C8H17NO.C2H6/c1-9-6-7-2-4-8(10)5-3-7;1-2/h7-10H,2-6H2,1H3;1-2H3. The van der Waals surface area contributed by atoms with E-state index in [4.69, 9.17) is 0 Å². The Kier molecular flexibility index (Phi) is 7.51. The molecule has 0 aromatic heterocycles. The Morgan fingerprint density at radius 1 is 1.17 bits per heavy atom. The van der Waals surface area contributed by atoms with E-state index in [9.17, 15) is 5.11 Å². The van der Waals surface area contributed by atoms with Crippen LogP contribution >= 0.6 is 0 Å². The summed E-state index contributed by atoms with van der Waals surface area (Å²) in [6, 6.07) is 0. The van der Waals surface area contributed by atoms with Gasteiger partial charge in [-0.1, -0.05) is 13.8 Å². The van der Waals surface area contributed by atoms with Crippen LogP contribution in [0.2, 0.25) is 0 Å². The molecular formula is C10H23NO. The molecule has 0 saturated heterocycles. The number of aliphatic hydroxyl groups is 1. The molecule has 0 aromatic carbocycles. The van der Waals surface area contributed by atoms with E-state index in [1.165, 1.54) is 12.8 Å². The second-order valence-electron chi connectivity index (χ2n) is 3.23. The number of aliphatic hydroxyl groups excluding tert-OH is 1. The largest absolute Gasteiger partial charge is 0.393 e. The molecule has 2 nitrogen and oxygen atoms in total. The van der Waals surface area contributed by atoms with Crippen molar-refractivity contribution in [3.63, 3.8) is 0 Å². The number of rotatable bonds is 2. The summed E-state index contributed by atoms with van der Waals surface area (Å²) in [7, 11) is 1.99. The second kappa shape index (κ2) is 7.56. The van der Waals surface area contributed by atoms with Gasteiger partial charge in [0.2, 0.25) is 0 Å². The van der Waals surface area contributed by atoms with Crippen LogP contribution in [0.15, 0.2) is 0 Å². The zero-order valence-electron chi connectivity index (χ0n) is 8.64. The molecule has 2 N–H and O–H groups in total. The van der Waals surface area contributed by atoms with Gasteiger partial charge in [0.05, 0.1) is 6.10 Å². The molecule has 1 aliphatic rings. The van der Waals surface area contributed by atoms with E-state index < -0.39 is 0 Å². The molecule has 0 bridgehead atoms. The zero-order valence-corrected chi connectivity index (χ0v) is 8.64. The molecule has 0 unspecified atom stereocenters. The van der Waals surface area contributed by atoms with E-state index in [0.29, 0.717) is 0 Å². The van der Waals surface area contributed by atoms with Crippen LogP contribution in [0.5, 0.6) is 0 Å². The number of hydrogen-bond donors (Lipinski definition) is 2. The Morgan fingerprint density at radius 2 is 1.67 bits per heavy atom. The van der Waals surface area contributed by atoms with Gasteiger partial charge in [-0.15, -0.1) is 0 Å². The van der Waals surface area contributed by atoms with Crippen molar-refractivity contribution < 1.29 is 5.11 Å². The Balaban J connectivity index is 0.000000561. The average molecular weight is 173 g/mol. The molecular weight excluding hydrogens is 150 g/mol. The summed E-state index contributed by atoms with van der Waals surface area (Å²) in [6.07, 6.45) is 4.40. The Hall–Kier alpha value is -0.0800. The van der Waals surface area contributed by atoms with Crippen molar-refractivity contribution in [2.45, 2.75) is 45.6 Å². The van der Waals surface area contributed by atoms with Crippen LogP contribution in [-0.2, 0) is 0 Å². The first-order valence-electron chi connectivity index (χ1n) is 5.15. The van der Waals surface area contributed by atoms with Crippen LogP contribution in [0.3, 0.4) is 0 Å². The molecule has 0 atom stereocenters. The van der Waals surface area contributed by atoms with Crippen molar-refractivity contribution in [1.29, 1.82) is 0 Å². The third-order valence-corrected chi connectivity index (χ3v) is 2.31. The van der Waals surface area contributed by atoms with Crippen LogP contribution in [0, 0.1) is 5.92 Å². The van der Waals surface area contributed by atoms with E-state index in [-0.39, 0.29) is 6.10 Å². The number of nitrogens with one attached hydrogen (secondary N) is 1. The minimum atomic E-state index is -0.00638. The van der Waals surface area contributed by atoms with E-state index >= 15 is 0 Å². The normalized spacial score (nSPS) is 29.0. The van der Waals surface area contributed by atoms with Crippen LogP contribution < -0.4 is 5.32 Å². The topological polar surface area (TPSA) is 32.3 Å². The first kappa shape index (κ1) is 11.9. The monoisotopic (exact) mass is 173 g/mol. The van der Waals surface area contributed by atoms with Gasteiger partial charge < -0.3 is 10.4 Å². The van der Waals surface area contributed by atoms with Crippen LogP contribution in [0.1, 0.15) is 39.5 Å². The highest BCUT2D eigenvalue weighted by Crippen LogP contribution is 2.23. The highest BCUT2D eigenvalue weighted by atomic mass is 16.3. The maximum Gasteiger partial charge on any atom is 0.0540 e. The van der Waals surface area contributed by atoms with Crippen molar-refractivity contribution >= 4 is 0 Å². The fourth-order valence-corrected chi connectivity index (χ4v) is 1.64. The van der Waals surface area contributed by atoms with Gasteiger partial charge >= 0.3 is 0 Å². The van der Waals surface area contributed by atoms with Gasteiger partial charge in [-0.25, -0.2) is 0 Å². The molecule has 0 amide bonds. The molecule has 0 aromatic rings. The second-order valence-corrected chi connectivity index (χ2v) is 3.23. The van der Waals surface area contributed by atoms with Gasteiger partial charge in [0.25, 0.3) is 0 Å². The van der Waals surface area contributed by atoms with Gasteiger partial charge in [0.15, 0.2) is 0 Å². The van der Waals surface area contributed by atoms with Gasteiger partial charge in [-0.05, 0) is 45.2 Å². The molecule has 0 radical (unpaired) electrons. The molecule has 2 heteroatoms. The van der Waals surface area contributed by atoms with Crippen molar-refractivity contribution in [2.75, 3.05) is 13.6 Å². The van der Waals surface area contributed by atoms with Crippen molar-refractivity contribution in [3.05, 3.63) is 0 Å². The van der Waals surface area contributed by atoms with Gasteiger partial charge in [0.1, 0.15) is 0 Å². The van der Waals surface area contributed by atoms with Crippen molar-refractivity contribution in [2.24, 2.45) is 5.92 Å². The molecule has 1 saturated carbocycles. The highest BCUT2D eigenvalue weighted by Gasteiger charge is 2.17. The minimum absolute atomic E-state index is 0.00638. The minimum Gasteiger partial charge on any atom is -0.393 e. The lowest BCUT2D eigenvalue weighted by atomic mass is 9.87. The van der Waals surface area contributed by atoms with E-state index in [0.717, 1.165) is 25.3 Å². The van der Waals surface area contributed by atoms with Crippen LogP contribution in [-0.4, -0.2) is 24.8 Å². The lowest BCUT2D eigenvalue weighted by molar-refractivity contribution is 0.109. The SMILES string of the molecule is CC.CNCC1CCC(O)CC1. The van der Waals surface area contributed by atoms with Crippen molar-refractivity contribution in [1.82, 2.24) is 5.32 Å². The predicted octanol–water partition coefficient (Wildman–Crippen LogP) is 1.78. The molecule has 0 heterocycles. The molecule has 12 heavy (non-hydrogen) atoms. The lowest BCUT2D eigenvalue weighted by Gasteiger charge is -2.24. The Morgan fingerprint density at radius 3 is 2.08 bits per heavy atom. The average Bonchev–Trinajstić information content (AvgIpc) is 2.13. The summed E-state index contributed by atoms with van der Waals surface area (Å²) in [5.41, 5.74) is 0. The van der Waals surface area contributed by atoms with E-state index in [1.54, 1.807) is 0 Å². The molecule has 1 rings (SSSR count). The maximum atomic E-state index is 9.17. The summed E-state index contributed by atoms with van der Waals surface area (Å²) in [5.74, 6) is 0.813. The van der Waals surface area contributed by atoms with Crippen LogP contribution in [0.25, 0.3) is 0 Å². The third kappa shape index (κ3) is 4.73. The van der Waals surface area contributed by atoms with Crippen LogP contribution in [0.4, 0.5) is 0 Å². The maximum absolute atomic E-state index is 9.17. The summed E-state index contributed by atoms with van der Waals surface area (Å²) in [5, 5.41) is 12.3. The zero-order chi connectivity index (χ0) is 9.40. The van der Waals surface area contributed by atoms with Gasteiger partial charge in [-0.3, -0.25) is 0 Å². The summed E-state index contributed by atoms with van der Waals surface area (Å²) < 4.78 is 0. The quantitative estimate of drug-likeness (QED) is 0.667. The van der Waals surface area contributed by atoms with Gasteiger partial charge in [-0.2, -0.15) is 0 Å². The Bertz CT molecular complexity index is 87.8. The van der Waals surface area contributed by atoms with Gasteiger partial charge in [0, 0.05) is 0 Å². The number of hydrogen-bond acceptors (Lipinski definition) is 2. The smallest absolute Gasteiger partial charge is 0.0540 e. The molecule has 1 aliphatic carbocycles. The van der Waals surface area contributed by atoms with E-state index in [1.807, 2.05) is 20.9 Å². The first-order valence-corrected chi connectivity index (χ1v) is 5.15. The molecule has 74 valence electrons. The molecule has 1 fully saturated rings. The summed E-state index contributed by atoms with van der Waals surface area (Å²) >= 11 is 0. The summed E-state index contributed by atoms with van der Waals surface area (Å²) in [4.78, 5) is 0. The predicted molar refractivity (Wildman–Crippen MR) is 53.2 cm³/mol. The third-order valence-electron chi connectivity index (χ3n) is 2.31. The van der Waals surface area contributed by atoms with E-state index in [2.05, 4.69) is 5.32 Å². The van der Waals surface area contributed by atoms with Crippen molar-refractivity contribution in [3.8, 4) is 0 Å².